The first kappa shape index (κ1) is 17.9. The molecule has 18 heavy (non-hydrogen) atoms. The molecule has 0 aliphatic carbocycles. The Bertz CT molecular complexity index is 164. The second-order valence-corrected chi connectivity index (χ2v) is 7.30. The van der Waals surface area contributed by atoms with E-state index in [0.717, 1.165) is 26.2 Å². The Labute approximate surface area is 114 Å². The minimum absolute atomic E-state index is 0.0209. The van der Waals surface area contributed by atoms with Crippen LogP contribution in [0.2, 0.25) is 0 Å². The van der Waals surface area contributed by atoms with E-state index in [1.165, 1.54) is 25.7 Å². The van der Waals surface area contributed by atoms with E-state index in [0.29, 0.717) is 5.41 Å². The molecule has 0 rings (SSSR count). The molecule has 0 aliphatic rings. The third-order valence-corrected chi connectivity index (χ3v) is 2.68. The van der Waals surface area contributed by atoms with Crippen LogP contribution in [0, 0.1) is 5.41 Å². The molecule has 0 bridgehead atoms. The zero-order chi connectivity index (χ0) is 14.1. The zero-order valence-electron chi connectivity index (χ0n) is 13.5. The third kappa shape index (κ3) is 15.9. The Kier molecular flexibility index (Phi) is 8.89. The third-order valence-electron chi connectivity index (χ3n) is 2.68. The van der Waals surface area contributed by atoms with Gasteiger partial charge in [0.2, 0.25) is 0 Å². The molecule has 0 atom stereocenters. The largest absolute Gasteiger partial charge is 0.381 e. The van der Waals surface area contributed by atoms with Crippen LogP contribution < -0.4 is 0 Å². The fourth-order valence-corrected chi connectivity index (χ4v) is 1.68. The Balaban J connectivity index is 3.13. The van der Waals surface area contributed by atoms with Crippen LogP contribution in [0.4, 0.5) is 0 Å². The summed E-state index contributed by atoms with van der Waals surface area (Å²) >= 11 is 0. The molecule has 2 nitrogen and oxygen atoms in total. The van der Waals surface area contributed by atoms with Crippen LogP contribution >= 0.6 is 0 Å². The normalized spacial score (nSPS) is 13.0. The maximum Gasteiger partial charge on any atom is 0.0598 e. The Morgan fingerprint density at radius 1 is 0.667 bits per heavy atom. The van der Waals surface area contributed by atoms with Crippen molar-refractivity contribution in [3.05, 3.63) is 0 Å². The summed E-state index contributed by atoms with van der Waals surface area (Å²) in [7, 11) is 0. The smallest absolute Gasteiger partial charge is 0.0598 e. The minimum Gasteiger partial charge on any atom is -0.381 e. The van der Waals surface area contributed by atoms with Crippen molar-refractivity contribution in [2.24, 2.45) is 5.41 Å². The van der Waals surface area contributed by atoms with Gasteiger partial charge in [-0.05, 0) is 45.4 Å². The molecule has 0 aliphatic heterocycles. The molecule has 0 aromatic rings. The highest BCUT2D eigenvalue weighted by Gasteiger charge is 2.09. The summed E-state index contributed by atoms with van der Waals surface area (Å²) in [6.45, 7) is 15.7. The zero-order valence-corrected chi connectivity index (χ0v) is 13.5. The molecule has 0 N–H and O–H groups in total. The summed E-state index contributed by atoms with van der Waals surface area (Å²) in [5.74, 6) is 0. The predicted octanol–water partition coefficient (Wildman–Crippen LogP) is 4.81. The van der Waals surface area contributed by atoms with Crippen molar-refractivity contribution in [2.45, 2.75) is 79.2 Å². The standard InChI is InChI=1S/C16H34O2/c1-15(2,3)11-8-7-9-12-17-13-10-14-18-16(4,5)6/h7-14H2,1-6H3. The van der Waals surface area contributed by atoms with Crippen molar-refractivity contribution >= 4 is 0 Å². The molecular formula is C16H34O2. The van der Waals surface area contributed by atoms with Gasteiger partial charge in [0, 0.05) is 19.8 Å². The summed E-state index contributed by atoms with van der Waals surface area (Å²) in [6, 6.07) is 0. The van der Waals surface area contributed by atoms with Gasteiger partial charge in [-0.2, -0.15) is 0 Å². The van der Waals surface area contributed by atoms with Gasteiger partial charge >= 0.3 is 0 Å². The van der Waals surface area contributed by atoms with Gasteiger partial charge in [-0.3, -0.25) is 0 Å². The van der Waals surface area contributed by atoms with Crippen LogP contribution in [0.25, 0.3) is 0 Å². The van der Waals surface area contributed by atoms with E-state index in [9.17, 15) is 0 Å². The van der Waals surface area contributed by atoms with Crippen LogP contribution in [0.5, 0.6) is 0 Å². The lowest BCUT2D eigenvalue weighted by molar-refractivity contribution is -0.0140. The van der Waals surface area contributed by atoms with Gasteiger partial charge in [-0.15, -0.1) is 0 Å². The van der Waals surface area contributed by atoms with Crippen LogP contribution in [0.15, 0.2) is 0 Å². The number of hydrogen-bond acceptors (Lipinski definition) is 2. The molecule has 2 heteroatoms. The quantitative estimate of drug-likeness (QED) is 0.552. The molecule has 0 saturated heterocycles. The first-order valence-electron chi connectivity index (χ1n) is 7.42. The number of unbranched alkanes of at least 4 members (excludes halogenated alkanes) is 2. The van der Waals surface area contributed by atoms with Crippen molar-refractivity contribution in [2.75, 3.05) is 19.8 Å². The van der Waals surface area contributed by atoms with E-state index < -0.39 is 0 Å². The lowest BCUT2D eigenvalue weighted by Crippen LogP contribution is -2.20. The van der Waals surface area contributed by atoms with E-state index in [4.69, 9.17) is 9.47 Å². The molecule has 110 valence electrons. The van der Waals surface area contributed by atoms with Gasteiger partial charge in [-0.1, -0.05) is 33.6 Å². The van der Waals surface area contributed by atoms with Crippen molar-refractivity contribution in [3.8, 4) is 0 Å². The first-order chi connectivity index (χ1) is 8.21. The van der Waals surface area contributed by atoms with E-state index >= 15 is 0 Å². The molecule has 0 unspecified atom stereocenters. The van der Waals surface area contributed by atoms with Crippen molar-refractivity contribution < 1.29 is 9.47 Å². The summed E-state index contributed by atoms with van der Waals surface area (Å²) < 4.78 is 11.2. The lowest BCUT2D eigenvalue weighted by Gasteiger charge is -2.19. The van der Waals surface area contributed by atoms with Gasteiger partial charge in [0.25, 0.3) is 0 Å². The number of ether oxygens (including phenoxy) is 2. The van der Waals surface area contributed by atoms with Crippen LogP contribution in [0.1, 0.15) is 73.6 Å². The van der Waals surface area contributed by atoms with E-state index in [1.807, 2.05) is 0 Å². The monoisotopic (exact) mass is 258 g/mol. The van der Waals surface area contributed by atoms with Crippen molar-refractivity contribution in [3.63, 3.8) is 0 Å². The van der Waals surface area contributed by atoms with Crippen LogP contribution in [0.3, 0.4) is 0 Å². The van der Waals surface area contributed by atoms with Gasteiger partial charge in [0.1, 0.15) is 0 Å². The van der Waals surface area contributed by atoms with E-state index in [-0.39, 0.29) is 5.60 Å². The van der Waals surface area contributed by atoms with Crippen molar-refractivity contribution in [1.29, 1.82) is 0 Å². The van der Waals surface area contributed by atoms with Gasteiger partial charge in [0.05, 0.1) is 5.60 Å². The molecule has 0 fully saturated rings. The van der Waals surface area contributed by atoms with Crippen LogP contribution in [-0.2, 0) is 9.47 Å². The fourth-order valence-electron chi connectivity index (χ4n) is 1.68. The molecule has 0 spiro atoms. The average molecular weight is 258 g/mol. The molecule has 0 amide bonds. The first-order valence-corrected chi connectivity index (χ1v) is 7.42. The Morgan fingerprint density at radius 2 is 1.28 bits per heavy atom. The van der Waals surface area contributed by atoms with Crippen molar-refractivity contribution in [1.82, 2.24) is 0 Å². The predicted molar refractivity (Wildman–Crippen MR) is 79.1 cm³/mol. The van der Waals surface area contributed by atoms with E-state index in [2.05, 4.69) is 41.5 Å². The van der Waals surface area contributed by atoms with E-state index in [1.54, 1.807) is 0 Å². The topological polar surface area (TPSA) is 18.5 Å². The molecule has 0 aromatic carbocycles. The lowest BCUT2D eigenvalue weighted by atomic mass is 9.89. The summed E-state index contributed by atoms with van der Waals surface area (Å²) in [5, 5.41) is 0. The highest BCUT2D eigenvalue weighted by molar-refractivity contribution is 4.61. The molecule has 0 heterocycles. The highest BCUT2D eigenvalue weighted by Crippen LogP contribution is 2.21. The Hall–Kier alpha value is -0.0800. The second-order valence-electron chi connectivity index (χ2n) is 7.30. The maximum atomic E-state index is 5.63. The molecule has 0 radical (unpaired) electrons. The second kappa shape index (κ2) is 8.92. The maximum absolute atomic E-state index is 5.63. The summed E-state index contributed by atoms with van der Waals surface area (Å²) in [6.07, 6.45) is 6.11. The van der Waals surface area contributed by atoms with Crippen LogP contribution in [-0.4, -0.2) is 25.4 Å². The SMILES string of the molecule is CC(C)(C)CCCCCOCCCOC(C)(C)C. The molecule has 0 aromatic heterocycles. The van der Waals surface area contributed by atoms with Gasteiger partial charge < -0.3 is 9.47 Å². The minimum atomic E-state index is -0.0209. The van der Waals surface area contributed by atoms with Gasteiger partial charge in [-0.25, -0.2) is 0 Å². The average Bonchev–Trinajstić information content (AvgIpc) is 2.17. The summed E-state index contributed by atoms with van der Waals surface area (Å²) in [5.41, 5.74) is 0.456. The molecule has 0 saturated carbocycles. The summed E-state index contributed by atoms with van der Waals surface area (Å²) in [4.78, 5) is 0. The van der Waals surface area contributed by atoms with Gasteiger partial charge in [0.15, 0.2) is 0 Å². The number of rotatable bonds is 9. The fraction of sp³-hybridized carbons (Fsp3) is 1.00. The highest BCUT2D eigenvalue weighted by atomic mass is 16.5. The molecular weight excluding hydrogens is 224 g/mol. The Morgan fingerprint density at radius 3 is 1.83 bits per heavy atom. The number of hydrogen-bond donors (Lipinski definition) is 0.